The fraction of sp³-hybridized carbons (Fsp3) is 0.625. The Morgan fingerprint density at radius 3 is 2.79 bits per heavy atom. The topological polar surface area (TPSA) is 29.3 Å². The molecule has 0 spiro atoms. The SMILES string of the molecule is Cc1cc(C2C(N)CCCN2CC(C)C)ccc1Br. The first kappa shape index (κ1) is 15.0. The lowest BCUT2D eigenvalue weighted by atomic mass is 9.89. The van der Waals surface area contributed by atoms with Crippen molar-refractivity contribution in [1.82, 2.24) is 4.90 Å². The van der Waals surface area contributed by atoms with Gasteiger partial charge < -0.3 is 5.73 Å². The van der Waals surface area contributed by atoms with E-state index < -0.39 is 0 Å². The summed E-state index contributed by atoms with van der Waals surface area (Å²) in [4.78, 5) is 2.57. The summed E-state index contributed by atoms with van der Waals surface area (Å²) in [7, 11) is 0. The fourth-order valence-electron chi connectivity index (χ4n) is 3.08. The van der Waals surface area contributed by atoms with Crippen molar-refractivity contribution in [2.24, 2.45) is 11.7 Å². The Balaban J connectivity index is 2.27. The van der Waals surface area contributed by atoms with Crippen LogP contribution in [0.15, 0.2) is 22.7 Å². The van der Waals surface area contributed by atoms with E-state index in [2.05, 4.69) is 59.8 Å². The van der Waals surface area contributed by atoms with E-state index in [1.54, 1.807) is 0 Å². The molecule has 0 radical (unpaired) electrons. The first-order valence-electron chi connectivity index (χ1n) is 7.24. The lowest BCUT2D eigenvalue weighted by Crippen LogP contribution is -2.47. The van der Waals surface area contributed by atoms with Crippen LogP contribution in [0.2, 0.25) is 0 Å². The summed E-state index contributed by atoms with van der Waals surface area (Å²) in [6.07, 6.45) is 2.36. The highest BCUT2D eigenvalue weighted by molar-refractivity contribution is 9.10. The second kappa shape index (κ2) is 6.38. The van der Waals surface area contributed by atoms with Gasteiger partial charge in [0.1, 0.15) is 0 Å². The van der Waals surface area contributed by atoms with Gasteiger partial charge in [-0.25, -0.2) is 0 Å². The first-order valence-corrected chi connectivity index (χ1v) is 8.04. The van der Waals surface area contributed by atoms with Crippen molar-refractivity contribution in [2.75, 3.05) is 13.1 Å². The zero-order valence-electron chi connectivity index (χ0n) is 12.2. The number of rotatable bonds is 3. The second-order valence-electron chi connectivity index (χ2n) is 6.15. The van der Waals surface area contributed by atoms with Gasteiger partial charge in [0, 0.05) is 23.1 Å². The molecular weight excluding hydrogens is 300 g/mol. The molecule has 0 aromatic heterocycles. The standard InChI is InChI=1S/C16H25BrN2/c1-11(2)10-19-8-4-5-15(18)16(19)13-6-7-14(17)12(3)9-13/h6-7,9,11,15-16H,4-5,8,10,18H2,1-3H3. The van der Waals surface area contributed by atoms with Gasteiger partial charge >= 0.3 is 0 Å². The predicted molar refractivity (Wildman–Crippen MR) is 85.2 cm³/mol. The summed E-state index contributed by atoms with van der Waals surface area (Å²) in [5.41, 5.74) is 9.07. The molecule has 2 atom stereocenters. The fourth-order valence-corrected chi connectivity index (χ4v) is 3.33. The predicted octanol–water partition coefficient (Wildman–Crippen LogP) is 3.88. The molecule has 1 aliphatic rings. The number of halogens is 1. The molecule has 3 heteroatoms. The second-order valence-corrected chi connectivity index (χ2v) is 7.00. The van der Waals surface area contributed by atoms with Crippen LogP contribution in [-0.2, 0) is 0 Å². The van der Waals surface area contributed by atoms with E-state index in [-0.39, 0.29) is 6.04 Å². The smallest absolute Gasteiger partial charge is 0.0499 e. The molecule has 106 valence electrons. The van der Waals surface area contributed by atoms with Crippen molar-refractivity contribution >= 4 is 15.9 Å². The Kier molecular flexibility index (Phi) is 5.04. The molecule has 1 aliphatic heterocycles. The molecule has 2 unspecified atom stereocenters. The van der Waals surface area contributed by atoms with E-state index in [0.29, 0.717) is 12.0 Å². The maximum Gasteiger partial charge on any atom is 0.0499 e. The van der Waals surface area contributed by atoms with Crippen LogP contribution in [0.3, 0.4) is 0 Å². The van der Waals surface area contributed by atoms with Crippen LogP contribution in [-0.4, -0.2) is 24.0 Å². The van der Waals surface area contributed by atoms with E-state index in [9.17, 15) is 0 Å². The molecule has 0 amide bonds. The molecule has 1 aromatic carbocycles. The van der Waals surface area contributed by atoms with Crippen molar-refractivity contribution in [3.63, 3.8) is 0 Å². The van der Waals surface area contributed by atoms with Crippen molar-refractivity contribution in [3.05, 3.63) is 33.8 Å². The van der Waals surface area contributed by atoms with E-state index in [1.807, 2.05) is 0 Å². The highest BCUT2D eigenvalue weighted by Gasteiger charge is 2.30. The normalized spacial score (nSPS) is 24.9. The zero-order chi connectivity index (χ0) is 14.0. The number of hydrogen-bond donors (Lipinski definition) is 1. The molecule has 1 fully saturated rings. The molecule has 0 saturated carbocycles. The van der Waals surface area contributed by atoms with Crippen LogP contribution in [0, 0.1) is 12.8 Å². The van der Waals surface area contributed by atoms with Gasteiger partial charge in [-0.05, 0) is 49.4 Å². The van der Waals surface area contributed by atoms with Gasteiger partial charge in [0.25, 0.3) is 0 Å². The average Bonchev–Trinajstić information content (AvgIpc) is 2.32. The van der Waals surface area contributed by atoms with E-state index in [4.69, 9.17) is 5.73 Å². The third-order valence-corrected chi connectivity index (χ3v) is 4.79. The number of likely N-dealkylation sites (tertiary alicyclic amines) is 1. The number of nitrogens with two attached hydrogens (primary N) is 1. The zero-order valence-corrected chi connectivity index (χ0v) is 13.8. The van der Waals surface area contributed by atoms with Crippen LogP contribution in [0.5, 0.6) is 0 Å². The van der Waals surface area contributed by atoms with Gasteiger partial charge in [0.2, 0.25) is 0 Å². The average molecular weight is 325 g/mol. The summed E-state index contributed by atoms with van der Waals surface area (Å²) in [5.74, 6) is 0.685. The summed E-state index contributed by atoms with van der Waals surface area (Å²) in [5, 5.41) is 0. The molecule has 1 saturated heterocycles. The Bertz CT molecular complexity index is 431. The van der Waals surface area contributed by atoms with Gasteiger partial charge in [0.15, 0.2) is 0 Å². The molecule has 19 heavy (non-hydrogen) atoms. The van der Waals surface area contributed by atoms with Gasteiger partial charge in [-0.2, -0.15) is 0 Å². The molecule has 2 rings (SSSR count). The molecule has 1 heterocycles. The van der Waals surface area contributed by atoms with Crippen molar-refractivity contribution in [2.45, 2.75) is 45.7 Å². The van der Waals surface area contributed by atoms with E-state index in [0.717, 1.165) is 13.0 Å². The summed E-state index contributed by atoms with van der Waals surface area (Å²) in [6.45, 7) is 9.02. The highest BCUT2D eigenvalue weighted by Crippen LogP contribution is 2.32. The molecular formula is C16H25BrN2. The summed E-state index contributed by atoms with van der Waals surface area (Å²) in [6, 6.07) is 7.29. The first-order chi connectivity index (χ1) is 8.99. The maximum atomic E-state index is 6.41. The lowest BCUT2D eigenvalue weighted by molar-refractivity contribution is 0.114. The minimum atomic E-state index is 0.257. The minimum Gasteiger partial charge on any atom is -0.326 e. The quantitative estimate of drug-likeness (QED) is 0.914. The number of hydrogen-bond acceptors (Lipinski definition) is 2. The van der Waals surface area contributed by atoms with Crippen LogP contribution < -0.4 is 5.73 Å². The Labute approximate surface area is 125 Å². The van der Waals surface area contributed by atoms with Crippen LogP contribution in [0.1, 0.15) is 43.9 Å². The van der Waals surface area contributed by atoms with E-state index >= 15 is 0 Å². The van der Waals surface area contributed by atoms with Gasteiger partial charge in [0.05, 0.1) is 0 Å². The van der Waals surface area contributed by atoms with Crippen LogP contribution >= 0.6 is 15.9 Å². The van der Waals surface area contributed by atoms with Gasteiger partial charge in [-0.3, -0.25) is 4.90 Å². The molecule has 2 nitrogen and oxygen atoms in total. The number of piperidine rings is 1. The van der Waals surface area contributed by atoms with Gasteiger partial charge in [-0.15, -0.1) is 0 Å². The summed E-state index contributed by atoms with van der Waals surface area (Å²) < 4.78 is 1.18. The van der Waals surface area contributed by atoms with Crippen molar-refractivity contribution in [1.29, 1.82) is 0 Å². The third kappa shape index (κ3) is 3.59. The molecule has 0 bridgehead atoms. The van der Waals surface area contributed by atoms with Crippen LogP contribution in [0.25, 0.3) is 0 Å². The largest absolute Gasteiger partial charge is 0.326 e. The minimum absolute atomic E-state index is 0.257. The third-order valence-electron chi connectivity index (χ3n) is 3.90. The lowest BCUT2D eigenvalue weighted by Gasteiger charge is -2.41. The van der Waals surface area contributed by atoms with Gasteiger partial charge in [-0.1, -0.05) is 41.9 Å². The van der Waals surface area contributed by atoms with Crippen molar-refractivity contribution < 1.29 is 0 Å². The molecule has 1 aromatic rings. The maximum absolute atomic E-state index is 6.41. The molecule has 0 aliphatic carbocycles. The van der Waals surface area contributed by atoms with Crippen molar-refractivity contribution in [3.8, 4) is 0 Å². The Hall–Kier alpha value is -0.380. The number of aryl methyl sites for hydroxylation is 1. The summed E-state index contributed by atoms with van der Waals surface area (Å²) >= 11 is 3.58. The number of benzene rings is 1. The Morgan fingerprint density at radius 2 is 2.16 bits per heavy atom. The number of nitrogens with zero attached hydrogens (tertiary/aromatic N) is 1. The highest BCUT2D eigenvalue weighted by atomic mass is 79.9. The monoisotopic (exact) mass is 324 g/mol. The van der Waals surface area contributed by atoms with Crippen LogP contribution in [0.4, 0.5) is 0 Å². The Morgan fingerprint density at radius 1 is 1.42 bits per heavy atom. The molecule has 2 N–H and O–H groups in total. The van der Waals surface area contributed by atoms with E-state index in [1.165, 1.54) is 28.6 Å².